The summed E-state index contributed by atoms with van der Waals surface area (Å²) in [5.41, 5.74) is 0.454. The number of carbonyl (C=O) groups excluding carboxylic acids is 1. The van der Waals surface area contributed by atoms with Crippen molar-refractivity contribution in [2.24, 2.45) is 11.3 Å². The summed E-state index contributed by atoms with van der Waals surface area (Å²) in [6.07, 6.45) is 8.04. The lowest BCUT2D eigenvalue weighted by Gasteiger charge is -2.55. The highest BCUT2D eigenvalue weighted by atomic mass is 16.5. The SMILES string of the molecule is CCOC(=O)CC1(N2CCCCC2)CCC(C)(C)CC1C. The fourth-order valence-corrected chi connectivity index (χ4v) is 4.57. The van der Waals surface area contributed by atoms with Crippen LogP contribution in [0.2, 0.25) is 0 Å². The molecule has 0 amide bonds. The minimum Gasteiger partial charge on any atom is -0.466 e. The Morgan fingerprint density at radius 1 is 1.19 bits per heavy atom. The Hall–Kier alpha value is -0.570. The molecule has 2 rings (SSSR count). The summed E-state index contributed by atoms with van der Waals surface area (Å²) in [5, 5.41) is 0. The third-order valence-electron chi connectivity index (χ3n) is 5.75. The van der Waals surface area contributed by atoms with Crippen LogP contribution >= 0.6 is 0 Å². The predicted octanol–water partition coefficient (Wildman–Crippen LogP) is 4.01. The fourth-order valence-electron chi connectivity index (χ4n) is 4.57. The maximum atomic E-state index is 12.2. The van der Waals surface area contributed by atoms with Crippen LogP contribution in [-0.4, -0.2) is 36.1 Å². The highest BCUT2D eigenvalue weighted by Crippen LogP contribution is 2.49. The van der Waals surface area contributed by atoms with E-state index in [0.717, 1.165) is 19.5 Å². The Labute approximate surface area is 130 Å². The molecular weight excluding hydrogens is 262 g/mol. The number of rotatable bonds is 4. The van der Waals surface area contributed by atoms with Crippen LogP contribution in [-0.2, 0) is 9.53 Å². The molecule has 2 aliphatic rings. The molecule has 0 bridgehead atoms. The molecule has 0 spiro atoms. The van der Waals surface area contributed by atoms with E-state index in [0.29, 0.717) is 24.4 Å². The van der Waals surface area contributed by atoms with Crippen molar-refractivity contribution in [2.45, 2.75) is 78.2 Å². The predicted molar refractivity (Wildman–Crippen MR) is 86.2 cm³/mol. The normalized spacial score (nSPS) is 33.6. The van der Waals surface area contributed by atoms with E-state index in [1.165, 1.54) is 32.1 Å². The molecule has 1 saturated heterocycles. The van der Waals surface area contributed by atoms with E-state index >= 15 is 0 Å². The number of hydrogen-bond donors (Lipinski definition) is 0. The Morgan fingerprint density at radius 2 is 1.86 bits per heavy atom. The van der Waals surface area contributed by atoms with Crippen molar-refractivity contribution < 1.29 is 9.53 Å². The van der Waals surface area contributed by atoms with Gasteiger partial charge in [-0.15, -0.1) is 0 Å². The molecule has 122 valence electrons. The van der Waals surface area contributed by atoms with Crippen molar-refractivity contribution in [1.82, 2.24) is 4.90 Å². The standard InChI is InChI=1S/C18H33NO2/c1-5-21-16(20)14-18(19-11-7-6-8-12-19)10-9-17(3,4)13-15(18)2/h15H,5-14H2,1-4H3. The summed E-state index contributed by atoms with van der Waals surface area (Å²) in [6, 6.07) is 0. The van der Waals surface area contributed by atoms with Gasteiger partial charge in [0.05, 0.1) is 13.0 Å². The third-order valence-corrected chi connectivity index (χ3v) is 5.75. The number of carbonyl (C=O) groups is 1. The van der Waals surface area contributed by atoms with E-state index < -0.39 is 0 Å². The van der Waals surface area contributed by atoms with Gasteiger partial charge >= 0.3 is 5.97 Å². The summed E-state index contributed by atoms with van der Waals surface area (Å²) in [6.45, 7) is 11.8. The number of esters is 1. The van der Waals surface area contributed by atoms with Crippen molar-refractivity contribution in [3.8, 4) is 0 Å². The van der Waals surface area contributed by atoms with Gasteiger partial charge in [0, 0.05) is 5.54 Å². The minimum atomic E-state index is -0.00497. The molecule has 0 aromatic carbocycles. The van der Waals surface area contributed by atoms with E-state index in [1.807, 2.05) is 6.92 Å². The van der Waals surface area contributed by atoms with Gasteiger partial charge in [-0.3, -0.25) is 9.69 Å². The van der Waals surface area contributed by atoms with Crippen molar-refractivity contribution in [2.75, 3.05) is 19.7 Å². The zero-order valence-electron chi connectivity index (χ0n) is 14.4. The lowest BCUT2D eigenvalue weighted by atomic mass is 9.61. The van der Waals surface area contributed by atoms with E-state index in [9.17, 15) is 4.79 Å². The second-order valence-electron chi connectivity index (χ2n) is 7.90. The Balaban J connectivity index is 2.19. The first-order valence-corrected chi connectivity index (χ1v) is 8.80. The van der Waals surface area contributed by atoms with E-state index in [-0.39, 0.29) is 11.5 Å². The van der Waals surface area contributed by atoms with E-state index in [1.54, 1.807) is 0 Å². The van der Waals surface area contributed by atoms with Gasteiger partial charge in [-0.2, -0.15) is 0 Å². The van der Waals surface area contributed by atoms with Crippen molar-refractivity contribution >= 4 is 5.97 Å². The summed E-state index contributed by atoms with van der Waals surface area (Å²) >= 11 is 0. The molecule has 2 unspecified atom stereocenters. The van der Waals surface area contributed by atoms with Crippen molar-refractivity contribution in [1.29, 1.82) is 0 Å². The monoisotopic (exact) mass is 295 g/mol. The number of likely N-dealkylation sites (tertiary alicyclic amines) is 1. The molecule has 1 heterocycles. The Bertz CT molecular complexity index is 360. The maximum Gasteiger partial charge on any atom is 0.307 e. The van der Waals surface area contributed by atoms with Crippen LogP contribution in [0.5, 0.6) is 0 Å². The highest BCUT2D eigenvalue weighted by Gasteiger charge is 2.48. The minimum absolute atomic E-state index is 0.00497. The number of ether oxygens (including phenoxy) is 1. The molecule has 21 heavy (non-hydrogen) atoms. The topological polar surface area (TPSA) is 29.5 Å². The molecule has 1 aliphatic heterocycles. The van der Waals surface area contributed by atoms with Crippen molar-refractivity contribution in [3.05, 3.63) is 0 Å². The summed E-state index contributed by atoms with van der Waals surface area (Å²) in [5.74, 6) is 0.554. The first-order chi connectivity index (χ1) is 9.89. The van der Waals surface area contributed by atoms with Gasteiger partial charge in [-0.05, 0) is 63.5 Å². The van der Waals surface area contributed by atoms with Crippen LogP contribution in [0.3, 0.4) is 0 Å². The van der Waals surface area contributed by atoms with E-state index in [4.69, 9.17) is 4.74 Å². The van der Waals surface area contributed by atoms with Crippen LogP contribution in [0.25, 0.3) is 0 Å². The van der Waals surface area contributed by atoms with Crippen molar-refractivity contribution in [3.63, 3.8) is 0 Å². The Kier molecular flexibility index (Phi) is 5.34. The summed E-state index contributed by atoms with van der Waals surface area (Å²) in [7, 11) is 0. The van der Waals surface area contributed by atoms with Crippen LogP contribution in [0.15, 0.2) is 0 Å². The van der Waals surface area contributed by atoms with Gasteiger partial charge in [0.1, 0.15) is 0 Å². The Morgan fingerprint density at radius 3 is 2.43 bits per heavy atom. The molecule has 2 atom stereocenters. The molecule has 3 heteroatoms. The molecule has 0 aromatic heterocycles. The summed E-state index contributed by atoms with van der Waals surface area (Å²) in [4.78, 5) is 14.8. The lowest BCUT2D eigenvalue weighted by Crippen LogP contribution is -2.59. The second kappa shape index (κ2) is 6.68. The zero-order chi connectivity index (χ0) is 15.5. The van der Waals surface area contributed by atoms with Crippen LogP contribution in [0.4, 0.5) is 0 Å². The largest absolute Gasteiger partial charge is 0.466 e. The lowest BCUT2D eigenvalue weighted by molar-refractivity contribution is -0.150. The number of piperidine rings is 1. The fraction of sp³-hybridized carbons (Fsp3) is 0.944. The first-order valence-electron chi connectivity index (χ1n) is 8.80. The van der Waals surface area contributed by atoms with Crippen LogP contribution in [0, 0.1) is 11.3 Å². The quantitative estimate of drug-likeness (QED) is 0.734. The maximum absolute atomic E-state index is 12.2. The molecule has 3 nitrogen and oxygen atoms in total. The number of hydrogen-bond acceptors (Lipinski definition) is 3. The average Bonchev–Trinajstić information content (AvgIpc) is 2.43. The molecule has 2 fully saturated rings. The molecule has 0 radical (unpaired) electrons. The smallest absolute Gasteiger partial charge is 0.307 e. The van der Waals surface area contributed by atoms with Gasteiger partial charge in [0.15, 0.2) is 0 Å². The molecule has 1 saturated carbocycles. The first kappa shape index (κ1) is 16.8. The molecular formula is C18H33NO2. The zero-order valence-corrected chi connectivity index (χ0v) is 14.4. The summed E-state index contributed by atoms with van der Waals surface area (Å²) < 4.78 is 5.30. The van der Waals surface area contributed by atoms with Gasteiger partial charge in [-0.25, -0.2) is 0 Å². The van der Waals surface area contributed by atoms with Gasteiger partial charge in [0.25, 0.3) is 0 Å². The van der Waals surface area contributed by atoms with Gasteiger partial charge in [-0.1, -0.05) is 27.2 Å². The highest BCUT2D eigenvalue weighted by molar-refractivity contribution is 5.71. The molecule has 1 aliphatic carbocycles. The van der Waals surface area contributed by atoms with E-state index in [2.05, 4.69) is 25.7 Å². The third kappa shape index (κ3) is 3.80. The average molecular weight is 295 g/mol. The van der Waals surface area contributed by atoms with Gasteiger partial charge < -0.3 is 4.74 Å². The van der Waals surface area contributed by atoms with Gasteiger partial charge in [0.2, 0.25) is 0 Å². The number of nitrogens with zero attached hydrogens (tertiary/aromatic N) is 1. The van der Waals surface area contributed by atoms with Crippen LogP contribution < -0.4 is 0 Å². The molecule has 0 aromatic rings. The van der Waals surface area contributed by atoms with Crippen LogP contribution in [0.1, 0.15) is 72.6 Å². The molecule has 0 N–H and O–H groups in total. The second-order valence-corrected chi connectivity index (χ2v) is 7.90.